The summed E-state index contributed by atoms with van der Waals surface area (Å²) in [4.78, 5) is 18.6. The maximum Gasteiger partial charge on any atom is 0.250 e. The van der Waals surface area contributed by atoms with Gasteiger partial charge < -0.3 is 4.90 Å². The number of thioether (sulfide) groups is 1. The monoisotopic (exact) mass is 315 g/mol. The fourth-order valence-corrected chi connectivity index (χ4v) is 4.76. The molecule has 1 unspecified atom stereocenters. The summed E-state index contributed by atoms with van der Waals surface area (Å²) >= 11 is 1.79. The Morgan fingerprint density at radius 2 is 1.91 bits per heavy atom. The molecule has 4 nitrogen and oxygen atoms in total. The SMILES string of the molecule is O=C1NC(=Nc2ccc(C3CCCCC3)cc2)N2CSCC12. The molecule has 1 aromatic rings. The molecular formula is C17H21N3OS. The van der Waals surface area contributed by atoms with Gasteiger partial charge in [-0.3, -0.25) is 10.1 Å². The first-order valence-corrected chi connectivity index (χ1v) is 9.30. The largest absolute Gasteiger partial charge is 0.320 e. The third-order valence-corrected chi connectivity index (χ3v) is 5.91. The van der Waals surface area contributed by atoms with Crippen molar-refractivity contribution in [3.8, 4) is 0 Å². The quantitative estimate of drug-likeness (QED) is 0.911. The van der Waals surface area contributed by atoms with E-state index in [-0.39, 0.29) is 11.9 Å². The average molecular weight is 315 g/mol. The number of guanidine groups is 1. The van der Waals surface area contributed by atoms with Crippen molar-refractivity contribution >= 4 is 29.3 Å². The number of nitrogens with zero attached hydrogens (tertiary/aromatic N) is 2. The van der Waals surface area contributed by atoms with Crippen molar-refractivity contribution in [1.29, 1.82) is 0 Å². The minimum Gasteiger partial charge on any atom is -0.320 e. The first kappa shape index (κ1) is 14.1. The molecule has 4 rings (SSSR count). The second-order valence-corrected chi connectivity index (χ2v) is 7.34. The lowest BCUT2D eigenvalue weighted by atomic mass is 9.84. The molecule has 3 aliphatic rings. The number of aliphatic imine (C=N–C) groups is 1. The van der Waals surface area contributed by atoms with Crippen LogP contribution < -0.4 is 5.32 Å². The van der Waals surface area contributed by atoms with Gasteiger partial charge in [0.25, 0.3) is 0 Å². The number of nitrogens with one attached hydrogen (secondary N) is 1. The predicted octanol–water partition coefficient (Wildman–Crippen LogP) is 3.23. The zero-order chi connectivity index (χ0) is 14.9. The topological polar surface area (TPSA) is 44.7 Å². The number of benzene rings is 1. The minimum atomic E-state index is -0.0229. The number of carbonyl (C=O) groups excluding carboxylic acids is 1. The van der Waals surface area contributed by atoms with Crippen LogP contribution >= 0.6 is 11.8 Å². The third-order valence-electron chi connectivity index (χ3n) is 4.90. The summed E-state index contributed by atoms with van der Waals surface area (Å²) in [5.41, 5.74) is 2.36. The molecule has 1 N–H and O–H groups in total. The number of rotatable bonds is 2. The van der Waals surface area contributed by atoms with Crippen LogP contribution in [0.1, 0.15) is 43.6 Å². The summed E-state index contributed by atoms with van der Waals surface area (Å²) in [6.07, 6.45) is 6.73. The van der Waals surface area contributed by atoms with E-state index in [9.17, 15) is 4.79 Å². The molecule has 3 fully saturated rings. The smallest absolute Gasteiger partial charge is 0.250 e. The third kappa shape index (κ3) is 2.62. The molecule has 116 valence electrons. The summed E-state index contributed by atoms with van der Waals surface area (Å²) < 4.78 is 0. The predicted molar refractivity (Wildman–Crippen MR) is 90.5 cm³/mol. The maximum absolute atomic E-state index is 11.9. The summed E-state index contributed by atoms with van der Waals surface area (Å²) in [7, 11) is 0. The zero-order valence-corrected chi connectivity index (χ0v) is 13.4. The number of fused-ring (bicyclic) bond motifs is 1. The summed E-state index contributed by atoms with van der Waals surface area (Å²) in [6, 6.07) is 8.56. The van der Waals surface area contributed by atoms with Crippen molar-refractivity contribution in [2.45, 2.75) is 44.1 Å². The van der Waals surface area contributed by atoms with Gasteiger partial charge in [-0.2, -0.15) is 0 Å². The van der Waals surface area contributed by atoms with Gasteiger partial charge >= 0.3 is 0 Å². The molecule has 1 aromatic carbocycles. The van der Waals surface area contributed by atoms with E-state index in [4.69, 9.17) is 0 Å². The second kappa shape index (κ2) is 5.95. The standard InChI is InChI=1S/C17H21N3OS/c21-16-15-10-22-11-20(15)17(19-16)18-14-8-6-13(7-9-14)12-4-2-1-3-5-12/h6-9,12,15H,1-5,10-11H2,(H,18,19,21). The minimum absolute atomic E-state index is 0.0229. The Hall–Kier alpha value is -1.49. The van der Waals surface area contributed by atoms with Gasteiger partial charge in [0.2, 0.25) is 11.9 Å². The molecule has 22 heavy (non-hydrogen) atoms. The van der Waals surface area contributed by atoms with Crippen molar-refractivity contribution in [2.24, 2.45) is 4.99 Å². The van der Waals surface area contributed by atoms with Crippen molar-refractivity contribution in [3.63, 3.8) is 0 Å². The van der Waals surface area contributed by atoms with Crippen LogP contribution in [0.15, 0.2) is 29.3 Å². The Bertz CT molecular complexity index is 592. The normalized spacial score (nSPS) is 27.3. The van der Waals surface area contributed by atoms with Crippen LogP contribution in [-0.2, 0) is 4.79 Å². The van der Waals surface area contributed by atoms with Gasteiger partial charge in [-0.1, -0.05) is 31.4 Å². The van der Waals surface area contributed by atoms with Crippen LogP contribution in [0.3, 0.4) is 0 Å². The molecule has 0 bridgehead atoms. The Labute approximate surface area is 135 Å². The number of carbonyl (C=O) groups is 1. The Morgan fingerprint density at radius 3 is 2.68 bits per heavy atom. The lowest BCUT2D eigenvalue weighted by Crippen LogP contribution is -2.30. The highest BCUT2D eigenvalue weighted by Gasteiger charge is 2.40. The summed E-state index contributed by atoms with van der Waals surface area (Å²) in [5.74, 6) is 3.24. The maximum atomic E-state index is 11.9. The van der Waals surface area contributed by atoms with Gasteiger partial charge in [-0.25, -0.2) is 4.99 Å². The number of amides is 1. The van der Waals surface area contributed by atoms with E-state index in [1.807, 2.05) is 0 Å². The molecule has 0 spiro atoms. The fourth-order valence-electron chi connectivity index (χ4n) is 3.61. The first-order valence-electron chi connectivity index (χ1n) is 8.15. The molecule has 2 aliphatic heterocycles. The van der Waals surface area contributed by atoms with Crippen LogP contribution in [-0.4, -0.2) is 34.4 Å². The van der Waals surface area contributed by atoms with E-state index >= 15 is 0 Å². The van der Waals surface area contributed by atoms with Gasteiger partial charge in [0, 0.05) is 5.75 Å². The van der Waals surface area contributed by atoms with Crippen LogP contribution in [0.5, 0.6) is 0 Å². The van der Waals surface area contributed by atoms with Crippen molar-refractivity contribution in [2.75, 3.05) is 11.6 Å². The molecule has 1 amide bonds. The van der Waals surface area contributed by atoms with Crippen LogP contribution in [0.25, 0.3) is 0 Å². The Morgan fingerprint density at radius 1 is 1.14 bits per heavy atom. The van der Waals surface area contributed by atoms with E-state index in [0.717, 1.165) is 23.2 Å². The van der Waals surface area contributed by atoms with Gasteiger partial charge in [0.1, 0.15) is 6.04 Å². The highest BCUT2D eigenvalue weighted by atomic mass is 32.2. The zero-order valence-electron chi connectivity index (χ0n) is 12.6. The van der Waals surface area contributed by atoms with Crippen LogP contribution in [0.2, 0.25) is 0 Å². The van der Waals surface area contributed by atoms with E-state index in [1.54, 1.807) is 11.8 Å². The molecule has 1 aliphatic carbocycles. The molecule has 2 saturated heterocycles. The number of hydrogen-bond donors (Lipinski definition) is 1. The molecule has 1 saturated carbocycles. The van der Waals surface area contributed by atoms with Gasteiger partial charge in [-0.15, -0.1) is 11.8 Å². The molecule has 0 aromatic heterocycles. The highest BCUT2D eigenvalue weighted by Crippen LogP contribution is 2.33. The van der Waals surface area contributed by atoms with Crippen LogP contribution in [0.4, 0.5) is 5.69 Å². The van der Waals surface area contributed by atoms with E-state index in [0.29, 0.717) is 5.96 Å². The molecule has 2 heterocycles. The van der Waals surface area contributed by atoms with E-state index in [1.165, 1.54) is 37.7 Å². The second-order valence-electron chi connectivity index (χ2n) is 6.34. The van der Waals surface area contributed by atoms with Crippen molar-refractivity contribution in [3.05, 3.63) is 29.8 Å². The summed E-state index contributed by atoms with van der Waals surface area (Å²) in [6.45, 7) is 0. The Kier molecular flexibility index (Phi) is 3.82. The van der Waals surface area contributed by atoms with E-state index < -0.39 is 0 Å². The molecule has 0 radical (unpaired) electrons. The molecular weight excluding hydrogens is 294 g/mol. The van der Waals surface area contributed by atoms with Gasteiger partial charge in [0.15, 0.2) is 0 Å². The first-order chi connectivity index (χ1) is 10.8. The lowest BCUT2D eigenvalue weighted by Gasteiger charge is -2.21. The average Bonchev–Trinajstić information content (AvgIpc) is 3.15. The number of hydrogen-bond acceptors (Lipinski definition) is 3. The lowest BCUT2D eigenvalue weighted by molar-refractivity contribution is -0.120. The van der Waals surface area contributed by atoms with Gasteiger partial charge in [0.05, 0.1) is 11.6 Å². The van der Waals surface area contributed by atoms with Crippen molar-refractivity contribution in [1.82, 2.24) is 10.2 Å². The van der Waals surface area contributed by atoms with Gasteiger partial charge in [-0.05, 0) is 36.5 Å². The summed E-state index contributed by atoms with van der Waals surface area (Å²) in [5, 5.41) is 2.91. The van der Waals surface area contributed by atoms with Crippen molar-refractivity contribution < 1.29 is 4.79 Å². The molecule has 5 heteroatoms. The molecule has 1 atom stereocenters. The fraction of sp³-hybridized carbons (Fsp3) is 0.529. The van der Waals surface area contributed by atoms with Crippen LogP contribution in [0, 0.1) is 0 Å². The highest BCUT2D eigenvalue weighted by molar-refractivity contribution is 7.99. The Balaban J connectivity index is 1.51. The van der Waals surface area contributed by atoms with E-state index in [2.05, 4.69) is 39.5 Å².